The lowest BCUT2D eigenvalue weighted by Gasteiger charge is -2.47. The summed E-state index contributed by atoms with van der Waals surface area (Å²) in [6.45, 7) is -0.549. The number of methoxy groups -OCH3 is 1. The molecule has 2 aromatic rings. The van der Waals surface area contributed by atoms with Crippen molar-refractivity contribution >= 4 is 11.6 Å². The van der Waals surface area contributed by atoms with E-state index in [9.17, 15) is 20.4 Å². The Bertz CT molecular complexity index is 1000. The van der Waals surface area contributed by atoms with E-state index in [2.05, 4.69) is 0 Å². The van der Waals surface area contributed by atoms with E-state index < -0.39 is 36.8 Å². The van der Waals surface area contributed by atoms with Crippen LogP contribution in [0.4, 0.5) is 0 Å². The molecule has 0 amide bonds. The van der Waals surface area contributed by atoms with Crippen LogP contribution in [-0.4, -0.2) is 64.7 Å². The molecule has 1 aliphatic heterocycles. The molecule has 4 N–H and O–H groups in total. The molecule has 0 bridgehead atoms. The van der Waals surface area contributed by atoms with Crippen LogP contribution in [-0.2, 0) is 21.7 Å². The van der Waals surface area contributed by atoms with Crippen LogP contribution in [0.5, 0.6) is 5.75 Å². The van der Waals surface area contributed by atoms with Gasteiger partial charge in [0.05, 0.1) is 12.7 Å². The maximum absolute atomic E-state index is 10.8. The van der Waals surface area contributed by atoms with Crippen molar-refractivity contribution in [3.05, 3.63) is 64.2 Å². The van der Waals surface area contributed by atoms with Gasteiger partial charge < -0.3 is 34.6 Å². The van der Waals surface area contributed by atoms with Crippen LogP contribution in [0.3, 0.4) is 0 Å². The van der Waals surface area contributed by atoms with Gasteiger partial charge in [-0.3, -0.25) is 0 Å². The molecule has 3 fully saturated rings. The minimum absolute atomic E-state index is 0.324. The Kier molecular flexibility index (Phi) is 6.63. The first kappa shape index (κ1) is 24.0. The summed E-state index contributed by atoms with van der Waals surface area (Å²) in [5.41, 5.74) is 2.23. The van der Waals surface area contributed by atoms with Gasteiger partial charge in [-0.1, -0.05) is 29.8 Å². The first-order valence-electron chi connectivity index (χ1n) is 11.8. The lowest BCUT2D eigenvalue weighted by Crippen LogP contribution is -2.64. The number of rotatable bonds is 7. The van der Waals surface area contributed by atoms with E-state index in [1.807, 2.05) is 24.3 Å². The number of aliphatic hydroxyl groups excluding tert-OH is 4. The third-order valence-corrected chi connectivity index (χ3v) is 7.89. The molecule has 3 aliphatic rings. The Hall–Kier alpha value is -1.71. The van der Waals surface area contributed by atoms with Gasteiger partial charge in [-0.05, 0) is 72.9 Å². The number of fused-ring (bicyclic) bond motifs is 1. The molecule has 184 valence electrons. The second kappa shape index (κ2) is 9.39. The highest BCUT2D eigenvalue weighted by Crippen LogP contribution is 2.52. The molecular formula is C26H31ClO7. The summed E-state index contributed by atoms with van der Waals surface area (Å²) in [7, 11) is 1.34. The van der Waals surface area contributed by atoms with E-state index >= 15 is 0 Å². The summed E-state index contributed by atoms with van der Waals surface area (Å²) in [6.07, 6.45) is -1.20. The molecule has 7 nitrogen and oxygen atoms in total. The normalized spacial score (nSPS) is 36.8. The number of halogens is 1. The summed E-state index contributed by atoms with van der Waals surface area (Å²) >= 11 is 6.48. The molecule has 0 aromatic heterocycles. The number of hydrogen-bond donors (Lipinski definition) is 4. The molecule has 5 rings (SSSR count). The van der Waals surface area contributed by atoms with Crippen LogP contribution in [0, 0.1) is 11.8 Å². The van der Waals surface area contributed by atoms with Gasteiger partial charge in [0.15, 0.2) is 0 Å². The van der Waals surface area contributed by atoms with Crippen LogP contribution < -0.4 is 4.74 Å². The molecule has 2 saturated carbocycles. The Morgan fingerprint density at radius 3 is 2.35 bits per heavy atom. The maximum Gasteiger partial charge on any atom is 0.224 e. The van der Waals surface area contributed by atoms with E-state index in [-0.39, 0.29) is 0 Å². The molecule has 8 atom stereocenters. The monoisotopic (exact) mass is 490 g/mol. The van der Waals surface area contributed by atoms with Crippen molar-refractivity contribution < 1.29 is 34.6 Å². The Labute approximate surface area is 203 Å². The fraction of sp³-hybridized carbons (Fsp3) is 0.538. The highest BCUT2D eigenvalue weighted by Gasteiger charge is 2.55. The topological polar surface area (TPSA) is 109 Å². The molecule has 2 aromatic carbocycles. The standard InChI is InChI=1S/C26H31ClO7/c1-32-26(25(31)24(30)23(29)22(13-28)34-26)18-4-7-21(27)17(10-18)8-14-2-5-19(6-3-14)33-20-11-15-9-16(15)12-20/h2-7,10,15-16,20,22-25,28-31H,8-9,11-13H2,1H3/t15-,16+,20-,22-,23-,24+,25-,26?/m1/s1. The molecule has 0 radical (unpaired) electrons. The van der Waals surface area contributed by atoms with Gasteiger partial charge in [0.25, 0.3) is 0 Å². The highest BCUT2D eigenvalue weighted by molar-refractivity contribution is 6.31. The minimum atomic E-state index is -1.77. The van der Waals surface area contributed by atoms with Crippen molar-refractivity contribution in [1.29, 1.82) is 0 Å². The van der Waals surface area contributed by atoms with Crippen molar-refractivity contribution in [2.75, 3.05) is 13.7 Å². The van der Waals surface area contributed by atoms with E-state index in [1.165, 1.54) is 13.5 Å². The van der Waals surface area contributed by atoms with Crippen molar-refractivity contribution in [2.45, 2.75) is 62.0 Å². The Morgan fingerprint density at radius 2 is 1.71 bits per heavy atom. The largest absolute Gasteiger partial charge is 0.490 e. The summed E-state index contributed by atoms with van der Waals surface area (Å²) in [5, 5.41) is 41.4. The van der Waals surface area contributed by atoms with Gasteiger partial charge in [0.1, 0.15) is 30.2 Å². The molecule has 34 heavy (non-hydrogen) atoms. The van der Waals surface area contributed by atoms with E-state index in [4.69, 9.17) is 25.8 Å². The van der Waals surface area contributed by atoms with Gasteiger partial charge in [-0.15, -0.1) is 0 Å². The third kappa shape index (κ3) is 4.35. The van der Waals surface area contributed by atoms with E-state index in [0.717, 1.165) is 41.6 Å². The predicted molar refractivity (Wildman–Crippen MR) is 125 cm³/mol. The second-order valence-electron chi connectivity index (χ2n) is 9.73. The zero-order chi connectivity index (χ0) is 24.0. The van der Waals surface area contributed by atoms with Crippen LogP contribution in [0.15, 0.2) is 42.5 Å². The molecule has 0 spiro atoms. The lowest BCUT2D eigenvalue weighted by molar-refractivity contribution is -0.366. The van der Waals surface area contributed by atoms with Crippen LogP contribution in [0.2, 0.25) is 5.02 Å². The first-order chi connectivity index (χ1) is 16.3. The molecular weight excluding hydrogens is 460 g/mol. The van der Waals surface area contributed by atoms with Gasteiger partial charge in [0, 0.05) is 17.7 Å². The van der Waals surface area contributed by atoms with Gasteiger partial charge >= 0.3 is 0 Å². The zero-order valence-electron chi connectivity index (χ0n) is 19.0. The summed E-state index contributed by atoms with van der Waals surface area (Å²) < 4.78 is 17.5. The molecule has 8 heteroatoms. The average molecular weight is 491 g/mol. The minimum Gasteiger partial charge on any atom is -0.490 e. The molecule has 1 unspecified atom stereocenters. The number of ether oxygens (including phenoxy) is 3. The summed E-state index contributed by atoms with van der Waals surface area (Å²) in [6, 6.07) is 13.0. The first-order valence-corrected chi connectivity index (χ1v) is 12.1. The number of benzene rings is 2. The van der Waals surface area contributed by atoms with Crippen molar-refractivity contribution in [3.63, 3.8) is 0 Å². The van der Waals surface area contributed by atoms with Crippen LogP contribution >= 0.6 is 11.6 Å². The van der Waals surface area contributed by atoms with Crippen LogP contribution in [0.25, 0.3) is 0 Å². The average Bonchev–Trinajstić information content (AvgIpc) is 3.46. The Morgan fingerprint density at radius 1 is 1.00 bits per heavy atom. The summed E-state index contributed by atoms with van der Waals surface area (Å²) in [5.74, 6) is 0.843. The quantitative estimate of drug-likeness (QED) is 0.472. The number of aliphatic hydroxyl groups is 4. The fourth-order valence-electron chi connectivity index (χ4n) is 5.45. The van der Waals surface area contributed by atoms with Gasteiger partial charge in [-0.25, -0.2) is 0 Å². The zero-order valence-corrected chi connectivity index (χ0v) is 19.8. The Balaban J connectivity index is 1.35. The highest BCUT2D eigenvalue weighted by atomic mass is 35.5. The second-order valence-corrected chi connectivity index (χ2v) is 10.1. The fourth-order valence-corrected chi connectivity index (χ4v) is 5.63. The van der Waals surface area contributed by atoms with Gasteiger partial charge in [-0.2, -0.15) is 0 Å². The summed E-state index contributed by atoms with van der Waals surface area (Å²) in [4.78, 5) is 0. The van der Waals surface area contributed by atoms with Crippen molar-refractivity contribution in [1.82, 2.24) is 0 Å². The van der Waals surface area contributed by atoms with Gasteiger partial charge in [0.2, 0.25) is 5.79 Å². The van der Waals surface area contributed by atoms with Crippen molar-refractivity contribution in [3.8, 4) is 5.75 Å². The third-order valence-electron chi connectivity index (χ3n) is 7.52. The molecule has 1 saturated heterocycles. The predicted octanol–water partition coefficient (Wildman–Crippen LogP) is 2.38. The SMILES string of the molecule is COC1(c2ccc(Cl)c(Cc3ccc(O[C@H]4C[C@@H]5C[C@@H]5C4)cc3)c2)O[C@H](CO)[C@@H](O)[C@H](O)[C@H]1O. The smallest absolute Gasteiger partial charge is 0.224 e. The van der Waals surface area contributed by atoms with E-state index in [1.54, 1.807) is 18.2 Å². The number of hydrogen-bond acceptors (Lipinski definition) is 7. The maximum atomic E-state index is 10.8. The van der Waals surface area contributed by atoms with Crippen molar-refractivity contribution in [2.24, 2.45) is 11.8 Å². The lowest BCUT2D eigenvalue weighted by atomic mass is 9.87. The van der Waals surface area contributed by atoms with E-state index in [0.29, 0.717) is 23.1 Å². The molecule has 1 heterocycles. The molecule has 2 aliphatic carbocycles. The van der Waals surface area contributed by atoms with Crippen LogP contribution in [0.1, 0.15) is 36.0 Å².